The summed E-state index contributed by atoms with van der Waals surface area (Å²) in [6, 6.07) is 4.71. The van der Waals surface area contributed by atoms with Gasteiger partial charge in [-0.2, -0.15) is 5.10 Å². The first-order valence-corrected chi connectivity index (χ1v) is 9.72. The Balaban J connectivity index is 1.52. The van der Waals surface area contributed by atoms with Crippen LogP contribution in [0.4, 0.5) is 4.79 Å². The van der Waals surface area contributed by atoms with Crippen LogP contribution in [-0.2, 0) is 19.5 Å². The highest BCUT2D eigenvalue weighted by Crippen LogP contribution is 2.22. The van der Waals surface area contributed by atoms with Gasteiger partial charge in [0.1, 0.15) is 0 Å². The van der Waals surface area contributed by atoms with Crippen molar-refractivity contribution in [1.29, 1.82) is 0 Å². The number of carbonyl (C=O) groups is 1. The van der Waals surface area contributed by atoms with Crippen LogP contribution in [0.3, 0.4) is 0 Å². The highest BCUT2D eigenvalue weighted by molar-refractivity contribution is 7.09. The molecule has 3 rings (SSSR count). The molecule has 2 aromatic heterocycles. The summed E-state index contributed by atoms with van der Waals surface area (Å²) in [5.41, 5.74) is 1.05. The van der Waals surface area contributed by atoms with Crippen molar-refractivity contribution in [2.24, 2.45) is 0 Å². The van der Waals surface area contributed by atoms with Gasteiger partial charge in [-0.1, -0.05) is 6.07 Å². The molecule has 1 aliphatic rings. The summed E-state index contributed by atoms with van der Waals surface area (Å²) in [5, 5.41) is 9.44. The topological polar surface area (TPSA) is 50.2 Å². The lowest BCUT2D eigenvalue weighted by molar-refractivity contribution is 0.146. The van der Waals surface area contributed by atoms with E-state index < -0.39 is 0 Å². The van der Waals surface area contributed by atoms with Gasteiger partial charge < -0.3 is 10.2 Å². The average molecular weight is 346 g/mol. The van der Waals surface area contributed by atoms with Gasteiger partial charge in [-0.25, -0.2) is 4.79 Å². The van der Waals surface area contributed by atoms with Crippen molar-refractivity contribution < 1.29 is 4.79 Å². The SMILES string of the molecule is CCn1cc(CNC(=O)N2CCCCC2CCc2cccs2)cn1. The van der Waals surface area contributed by atoms with Crippen LogP contribution in [0.25, 0.3) is 0 Å². The fourth-order valence-corrected chi connectivity index (χ4v) is 4.01. The van der Waals surface area contributed by atoms with E-state index in [9.17, 15) is 4.79 Å². The third-order valence-corrected chi connectivity index (χ3v) is 5.58. The molecule has 1 atom stereocenters. The maximum Gasteiger partial charge on any atom is 0.317 e. The third kappa shape index (κ3) is 4.38. The summed E-state index contributed by atoms with van der Waals surface area (Å²) in [5.74, 6) is 0. The molecule has 1 N–H and O–H groups in total. The molecule has 6 heteroatoms. The average Bonchev–Trinajstić information content (AvgIpc) is 3.29. The lowest BCUT2D eigenvalue weighted by Gasteiger charge is -2.35. The lowest BCUT2D eigenvalue weighted by atomic mass is 9.98. The van der Waals surface area contributed by atoms with Gasteiger partial charge in [0, 0.05) is 42.3 Å². The van der Waals surface area contributed by atoms with Gasteiger partial charge in [0.25, 0.3) is 0 Å². The number of carbonyl (C=O) groups excluding carboxylic acids is 1. The fourth-order valence-electron chi connectivity index (χ4n) is 3.28. The molecule has 3 heterocycles. The summed E-state index contributed by atoms with van der Waals surface area (Å²) in [6.07, 6.45) is 9.39. The van der Waals surface area contributed by atoms with Crippen molar-refractivity contribution in [1.82, 2.24) is 20.0 Å². The Hall–Kier alpha value is -1.82. The second-order valence-electron chi connectivity index (χ2n) is 6.32. The molecule has 1 fully saturated rings. The van der Waals surface area contributed by atoms with E-state index in [1.807, 2.05) is 22.0 Å². The molecule has 24 heavy (non-hydrogen) atoms. The number of nitrogens with zero attached hydrogens (tertiary/aromatic N) is 3. The molecule has 5 nitrogen and oxygen atoms in total. The summed E-state index contributed by atoms with van der Waals surface area (Å²) in [4.78, 5) is 16.1. The molecule has 0 bridgehead atoms. The standard InChI is InChI=1S/C18H26N4OS/c1-2-21-14-15(13-20-21)12-19-18(23)22-10-4-3-6-16(22)8-9-17-7-5-11-24-17/h5,7,11,13-14,16H,2-4,6,8-10,12H2,1H3,(H,19,23). The highest BCUT2D eigenvalue weighted by atomic mass is 32.1. The largest absolute Gasteiger partial charge is 0.334 e. The Bertz CT molecular complexity index is 637. The van der Waals surface area contributed by atoms with Crippen LogP contribution < -0.4 is 5.32 Å². The first-order chi connectivity index (χ1) is 11.8. The Morgan fingerprint density at radius 2 is 2.38 bits per heavy atom. The van der Waals surface area contributed by atoms with Crippen LogP contribution in [0.5, 0.6) is 0 Å². The van der Waals surface area contributed by atoms with E-state index in [-0.39, 0.29) is 6.03 Å². The van der Waals surface area contributed by atoms with Gasteiger partial charge >= 0.3 is 6.03 Å². The number of hydrogen-bond donors (Lipinski definition) is 1. The van der Waals surface area contributed by atoms with Gasteiger partial charge in [-0.3, -0.25) is 4.68 Å². The normalized spacial score (nSPS) is 17.9. The van der Waals surface area contributed by atoms with Crippen LogP contribution in [-0.4, -0.2) is 33.3 Å². The second-order valence-corrected chi connectivity index (χ2v) is 7.36. The summed E-state index contributed by atoms with van der Waals surface area (Å²) in [6.45, 7) is 4.33. The smallest absolute Gasteiger partial charge is 0.317 e. The van der Waals surface area contributed by atoms with E-state index in [4.69, 9.17) is 0 Å². The van der Waals surface area contributed by atoms with Gasteiger partial charge in [0.2, 0.25) is 0 Å². The zero-order chi connectivity index (χ0) is 16.8. The van der Waals surface area contributed by atoms with Crippen molar-refractivity contribution in [2.45, 2.75) is 58.2 Å². The molecule has 1 saturated heterocycles. The molecule has 0 aliphatic carbocycles. The van der Waals surface area contributed by atoms with Crippen LogP contribution >= 0.6 is 11.3 Å². The zero-order valence-corrected chi connectivity index (χ0v) is 15.1. The van der Waals surface area contributed by atoms with E-state index in [0.29, 0.717) is 12.6 Å². The van der Waals surface area contributed by atoms with E-state index in [1.54, 1.807) is 11.3 Å². The van der Waals surface area contributed by atoms with Crippen molar-refractivity contribution in [2.75, 3.05) is 6.54 Å². The number of urea groups is 1. The minimum Gasteiger partial charge on any atom is -0.334 e. The lowest BCUT2D eigenvalue weighted by Crippen LogP contribution is -2.48. The summed E-state index contributed by atoms with van der Waals surface area (Å²) in [7, 11) is 0. The maximum absolute atomic E-state index is 12.6. The van der Waals surface area contributed by atoms with Gasteiger partial charge in [0.15, 0.2) is 0 Å². The number of amides is 2. The Kier molecular flexibility index (Phi) is 5.91. The number of piperidine rings is 1. The van der Waals surface area contributed by atoms with E-state index in [0.717, 1.165) is 44.3 Å². The molecule has 1 unspecified atom stereocenters. The first-order valence-electron chi connectivity index (χ1n) is 8.84. The van der Waals surface area contributed by atoms with E-state index in [1.165, 1.54) is 11.3 Å². The number of nitrogens with one attached hydrogen (secondary N) is 1. The van der Waals surface area contributed by atoms with E-state index >= 15 is 0 Å². The van der Waals surface area contributed by atoms with Crippen LogP contribution in [0.15, 0.2) is 29.9 Å². The van der Waals surface area contributed by atoms with Crippen LogP contribution in [0, 0.1) is 0 Å². The number of hydrogen-bond acceptors (Lipinski definition) is 3. The zero-order valence-electron chi connectivity index (χ0n) is 14.3. The van der Waals surface area contributed by atoms with Crippen LogP contribution in [0.2, 0.25) is 0 Å². The number of aromatic nitrogens is 2. The molecular formula is C18H26N4OS. The van der Waals surface area contributed by atoms with Crippen molar-refractivity contribution in [3.8, 4) is 0 Å². The molecule has 1 aliphatic heterocycles. The summed E-state index contributed by atoms with van der Waals surface area (Å²) < 4.78 is 1.88. The quantitative estimate of drug-likeness (QED) is 0.868. The molecule has 0 saturated carbocycles. The maximum atomic E-state index is 12.6. The number of likely N-dealkylation sites (tertiary alicyclic amines) is 1. The Morgan fingerprint density at radius 3 is 3.12 bits per heavy atom. The second kappa shape index (κ2) is 8.33. The van der Waals surface area contributed by atoms with Crippen molar-refractivity contribution >= 4 is 17.4 Å². The molecule has 0 aromatic carbocycles. The number of rotatable bonds is 6. The predicted molar refractivity (Wildman–Crippen MR) is 97.1 cm³/mol. The number of thiophene rings is 1. The van der Waals surface area contributed by atoms with Gasteiger partial charge in [0.05, 0.1) is 6.20 Å². The minimum absolute atomic E-state index is 0.0649. The molecule has 0 spiro atoms. The van der Waals surface area contributed by atoms with Crippen molar-refractivity contribution in [3.05, 3.63) is 40.3 Å². The van der Waals surface area contributed by atoms with Crippen LogP contribution in [0.1, 0.15) is 43.0 Å². The number of aryl methyl sites for hydroxylation is 2. The van der Waals surface area contributed by atoms with E-state index in [2.05, 4.69) is 34.9 Å². The predicted octanol–water partition coefficient (Wildman–Crippen LogP) is 3.66. The minimum atomic E-state index is 0.0649. The Morgan fingerprint density at radius 1 is 1.46 bits per heavy atom. The fraction of sp³-hybridized carbons (Fsp3) is 0.556. The van der Waals surface area contributed by atoms with Gasteiger partial charge in [-0.15, -0.1) is 11.3 Å². The first kappa shape index (κ1) is 17.0. The summed E-state index contributed by atoms with van der Waals surface area (Å²) >= 11 is 1.80. The highest BCUT2D eigenvalue weighted by Gasteiger charge is 2.26. The molecular weight excluding hydrogens is 320 g/mol. The van der Waals surface area contributed by atoms with Crippen molar-refractivity contribution in [3.63, 3.8) is 0 Å². The Labute approximate surface area is 147 Å². The molecule has 0 radical (unpaired) electrons. The molecule has 2 aromatic rings. The molecule has 2 amide bonds. The van der Waals surface area contributed by atoms with Gasteiger partial charge in [-0.05, 0) is 50.5 Å². The monoisotopic (exact) mass is 346 g/mol. The third-order valence-electron chi connectivity index (χ3n) is 4.65. The molecule has 130 valence electrons.